The number of ether oxygens (including phenoxy) is 5. The average Bonchev–Trinajstić information content (AvgIpc) is 3.78. The minimum absolute atomic E-state index is 0.254. The van der Waals surface area contributed by atoms with Crippen molar-refractivity contribution in [1.82, 2.24) is 0 Å². The first-order valence-corrected chi connectivity index (χ1v) is 20.9. The molecular formula is C32H38O7S6. The molecule has 0 aliphatic carbocycles. The third-order valence-corrected chi connectivity index (χ3v) is 15.4. The van der Waals surface area contributed by atoms with Crippen LogP contribution in [0.25, 0.3) is 0 Å². The van der Waals surface area contributed by atoms with E-state index in [-0.39, 0.29) is 25.4 Å². The molecule has 0 amide bonds. The molecule has 2 saturated heterocycles. The van der Waals surface area contributed by atoms with Gasteiger partial charge in [0.15, 0.2) is 0 Å². The number of benzene rings is 2. The summed E-state index contributed by atoms with van der Waals surface area (Å²) < 4.78 is 30.1. The summed E-state index contributed by atoms with van der Waals surface area (Å²) in [5.74, 6) is 9.87. The molecule has 2 aliphatic heterocycles. The van der Waals surface area contributed by atoms with Crippen LogP contribution >= 0.6 is 70.6 Å². The summed E-state index contributed by atoms with van der Waals surface area (Å²) in [6, 6.07) is 14.6. The van der Waals surface area contributed by atoms with E-state index >= 15 is 0 Å². The summed E-state index contributed by atoms with van der Waals surface area (Å²) in [4.78, 5) is 23.7. The van der Waals surface area contributed by atoms with Crippen molar-refractivity contribution in [2.45, 2.75) is 21.4 Å². The molecule has 2 aromatic rings. The van der Waals surface area contributed by atoms with E-state index in [9.17, 15) is 9.59 Å². The van der Waals surface area contributed by atoms with Crippen LogP contribution in [0.2, 0.25) is 0 Å². The fraction of sp³-hybridized carbons (Fsp3) is 0.438. The Hall–Kier alpha value is -1.64. The average molecular weight is 727 g/mol. The van der Waals surface area contributed by atoms with Crippen molar-refractivity contribution >= 4 is 82.5 Å². The molecule has 2 aromatic carbocycles. The summed E-state index contributed by atoms with van der Waals surface area (Å²) in [5, 5.41) is 0. The number of esters is 2. The van der Waals surface area contributed by atoms with Crippen molar-refractivity contribution in [3.63, 3.8) is 0 Å². The van der Waals surface area contributed by atoms with Crippen LogP contribution < -0.4 is 14.2 Å². The number of carbonyl (C=O) groups excluding carboxylic acids is 2. The molecule has 0 spiro atoms. The summed E-state index contributed by atoms with van der Waals surface area (Å²) in [7, 11) is 0. The maximum absolute atomic E-state index is 11.8. The zero-order valence-corrected chi connectivity index (χ0v) is 29.8. The standard InChI is InChI=1S/C32H38O7S6/c1-3-29(33)38-27(19-40-21-31-42-13-14-43-31)17-35-23-5-9-25(10-6-23)37-26-11-7-24(8-12-26)36-18-28(39-30(34)4-2)20-41-22-32-44-15-16-45-32/h3-12,27-28,31-32H,1-2,13-22H2. The summed E-state index contributed by atoms with van der Waals surface area (Å²) in [5.41, 5.74) is 0. The van der Waals surface area contributed by atoms with Crippen LogP contribution in [0.15, 0.2) is 73.8 Å². The molecule has 2 atom stereocenters. The first-order chi connectivity index (χ1) is 22.0. The van der Waals surface area contributed by atoms with Gasteiger partial charge in [0, 0.05) is 58.2 Å². The van der Waals surface area contributed by atoms with Crippen LogP contribution in [-0.2, 0) is 19.1 Å². The van der Waals surface area contributed by atoms with Gasteiger partial charge in [0.2, 0.25) is 0 Å². The Kier molecular flexibility index (Phi) is 16.5. The van der Waals surface area contributed by atoms with Gasteiger partial charge in [-0.15, -0.1) is 47.0 Å². The van der Waals surface area contributed by atoms with Crippen molar-refractivity contribution in [1.29, 1.82) is 0 Å². The normalized spacial score (nSPS) is 16.4. The lowest BCUT2D eigenvalue weighted by Crippen LogP contribution is -2.27. The van der Waals surface area contributed by atoms with Crippen LogP contribution in [0, 0.1) is 0 Å². The third-order valence-electron chi connectivity index (χ3n) is 6.15. The van der Waals surface area contributed by atoms with E-state index in [0.717, 1.165) is 11.5 Å². The molecule has 2 unspecified atom stereocenters. The molecule has 13 heteroatoms. The van der Waals surface area contributed by atoms with E-state index in [0.29, 0.717) is 43.7 Å². The van der Waals surface area contributed by atoms with Crippen molar-refractivity contribution in [2.75, 3.05) is 59.2 Å². The Labute approximate surface area is 291 Å². The molecule has 244 valence electrons. The summed E-state index contributed by atoms with van der Waals surface area (Å²) in [6.45, 7) is 7.51. The zero-order valence-electron chi connectivity index (χ0n) is 24.9. The van der Waals surface area contributed by atoms with Gasteiger partial charge in [-0.05, 0) is 48.5 Å². The van der Waals surface area contributed by atoms with Gasteiger partial charge in [-0.3, -0.25) is 0 Å². The lowest BCUT2D eigenvalue weighted by molar-refractivity contribution is -0.144. The smallest absolute Gasteiger partial charge is 0.330 e. The fourth-order valence-corrected chi connectivity index (χ4v) is 12.7. The van der Waals surface area contributed by atoms with Crippen molar-refractivity contribution in [3.8, 4) is 23.0 Å². The topological polar surface area (TPSA) is 80.3 Å². The maximum atomic E-state index is 11.8. The van der Waals surface area contributed by atoms with Crippen LogP contribution in [0.3, 0.4) is 0 Å². The van der Waals surface area contributed by atoms with Crippen LogP contribution in [-0.4, -0.2) is 92.5 Å². The van der Waals surface area contributed by atoms with Gasteiger partial charge >= 0.3 is 11.9 Å². The third kappa shape index (κ3) is 13.9. The van der Waals surface area contributed by atoms with E-state index in [1.807, 2.05) is 95.6 Å². The van der Waals surface area contributed by atoms with Crippen molar-refractivity contribution < 1.29 is 33.3 Å². The Morgan fingerprint density at radius 2 is 1.02 bits per heavy atom. The van der Waals surface area contributed by atoms with Gasteiger partial charge in [-0.2, -0.15) is 23.5 Å². The van der Waals surface area contributed by atoms with Crippen molar-refractivity contribution in [3.05, 3.63) is 73.8 Å². The second-order valence-electron chi connectivity index (χ2n) is 9.61. The first-order valence-electron chi connectivity index (χ1n) is 14.4. The Morgan fingerprint density at radius 1 is 0.667 bits per heavy atom. The summed E-state index contributed by atoms with van der Waals surface area (Å²) >= 11 is 11.5. The lowest BCUT2D eigenvalue weighted by Gasteiger charge is -2.19. The van der Waals surface area contributed by atoms with Crippen LogP contribution in [0.5, 0.6) is 23.0 Å². The minimum Gasteiger partial charge on any atom is -0.490 e. The number of hydrogen-bond acceptors (Lipinski definition) is 13. The Morgan fingerprint density at radius 3 is 1.38 bits per heavy atom. The van der Waals surface area contributed by atoms with E-state index in [2.05, 4.69) is 13.2 Å². The molecule has 4 rings (SSSR count). The van der Waals surface area contributed by atoms with E-state index in [1.54, 1.807) is 23.5 Å². The highest BCUT2D eigenvalue weighted by atomic mass is 32.2. The van der Waals surface area contributed by atoms with E-state index in [4.69, 9.17) is 23.7 Å². The quantitative estimate of drug-likeness (QED) is 0.0999. The maximum Gasteiger partial charge on any atom is 0.330 e. The minimum atomic E-state index is -0.447. The molecule has 0 bridgehead atoms. The number of carbonyl (C=O) groups is 2. The molecule has 2 aliphatic rings. The second kappa shape index (κ2) is 20.6. The van der Waals surface area contributed by atoms with Gasteiger partial charge < -0.3 is 23.7 Å². The monoisotopic (exact) mass is 726 g/mol. The van der Waals surface area contributed by atoms with E-state index in [1.165, 1.54) is 35.2 Å². The fourth-order valence-electron chi connectivity index (χ4n) is 3.98. The SMILES string of the molecule is C=CC(=O)OC(COc1ccc(Oc2ccc(OCC(CSCC3SCCS3)OC(=O)C=C)cc2)cc1)CSCC1SCCS1. The number of rotatable bonds is 20. The molecule has 2 heterocycles. The zero-order chi connectivity index (χ0) is 31.7. The van der Waals surface area contributed by atoms with Crippen LogP contribution in [0.4, 0.5) is 0 Å². The van der Waals surface area contributed by atoms with Crippen molar-refractivity contribution in [2.24, 2.45) is 0 Å². The highest BCUT2D eigenvalue weighted by Crippen LogP contribution is 2.35. The molecule has 2 fully saturated rings. The molecule has 0 N–H and O–H groups in total. The summed E-state index contributed by atoms with van der Waals surface area (Å²) in [6.07, 6.45) is 1.62. The van der Waals surface area contributed by atoms with Gasteiger partial charge in [0.1, 0.15) is 48.4 Å². The number of thioether (sulfide) groups is 6. The number of hydrogen-bond donors (Lipinski definition) is 0. The molecule has 0 saturated carbocycles. The lowest BCUT2D eigenvalue weighted by atomic mass is 10.3. The molecule has 45 heavy (non-hydrogen) atoms. The molecule has 0 aromatic heterocycles. The molecular weight excluding hydrogens is 689 g/mol. The van der Waals surface area contributed by atoms with E-state index < -0.39 is 11.9 Å². The first kappa shape index (κ1) is 36.2. The Bertz CT molecular complexity index is 1110. The van der Waals surface area contributed by atoms with Gasteiger partial charge in [0.05, 0.1) is 9.16 Å². The predicted molar refractivity (Wildman–Crippen MR) is 196 cm³/mol. The largest absolute Gasteiger partial charge is 0.490 e. The van der Waals surface area contributed by atoms with Crippen LogP contribution in [0.1, 0.15) is 0 Å². The molecule has 0 radical (unpaired) electrons. The molecule has 7 nitrogen and oxygen atoms in total. The highest BCUT2D eigenvalue weighted by molar-refractivity contribution is 8.21. The predicted octanol–water partition coefficient (Wildman–Crippen LogP) is 7.51. The van der Waals surface area contributed by atoms with Gasteiger partial charge in [-0.25, -0.2) is 9.59 Å². The van der Waals surface area contributed by atoms with Gasteiger partial charge in [-0.1, -0.05) is 13.2 Å². The highest BCUT2D eigenvalue weighted by Gasteiger charge is 2.21. The second-order valence-corrected chi connectivity index (χ2v) is 17.6. The van der Waals surface area contributed by atoms with Gasteiger partial charge in [0.25, 0.3) is 0 Å². The Balaban J connectivity index is 1.20.